The summed E-state index contributed by atoms with van der Waals surface area (Å²) in [6.45, 7) is 2.12. The van der Waals surface area contributed by atoms with Gasteiger partial charge in [0.2, 0.25) is 0 Å². The van der Waals surface area contributed by atoms with Crippen LogP contribution in [0.3, 0.4) is 0 Å². The summed E-state index contributed by atoms with van der Waals surface area (Å²) in [4.78, 5) is 3.46. The standard InChI is InChI=1S/C15H16N2/c1-10-6-7-14-13(8-10)12-5-3-2-4-11(9-16)15(12)17-14/h6-8,11,17H,2-5H2,1H3. The van der Waals surface area contributed by atoms with E-state index in [1.807, 2.05) is 0 Å². The molecule has 1 atom stereocenters. The van der Waals surface area contributed by atoms with Crippen LogP contribution in [0.5, 0.6) is 0 Å². The summed E-state index contributed by atoms with van der Waals surface area (Å²) in [5, 5.41) is 10.6. The van der Waals surface area contributed by atoms with Crippen LogP contribution in [0.2, 0.25) is 0 Å². The van der Waals surface area contributed by atoms with Crippen LogP contribution in [-0.4, -0.2) is 4.98 Å². The Kier molecular flexibility index (Phi) is 2.40. The summed E-state index contributed by atoms with van der Waals surface area (Å²) in [5.41, 5.74) is 5.03. The van der Waals surface area contributed by atoms with Crippen molar-refractivity contribution >= 4 is 10.9 Å². The van der Waals surface area contributed by atoms with Crippen LogP contribution in [0.25, 0.3) is 10.9 Å². The van der Waals surface area contributed by atoms with E-state index < -0.39 is 0 Å². The molecule has 86 valence electrons. The second-order valence-electron chi connectivity index (χ2n) is 4.99. The highest BCUT2D eigenvalue weighted by molar-refractivity contribution is 5.85. The molecule has 2 heteroatoms. The second-order valence-corrected chi connectivity index (χ2v) is 4.99. The molecule has 17 heavy (non-hydrogen) atoms. The Morgan fingerprint density at radius 2 is 2.24 bits per heavy atom. The first-order chi connectivity index (χ1) is 8.29. The van der Waals surface area contributed by atoms with Crippen LogP contribution in [0, 0.1) is 18.3 Å². The lowest BCUT2D eigenvalue weighted by molar-refractivity contribution is 0.670. The van der Waals surface area contributed by atoms with Gasteiger partial charge in [0.1, 0.15) is 0 Å². The van der Waals surface area contributed by atoms with Crippen LogP contribution in [0.4, 0.5) is 0 Å². The zero-order chi connectivity index (χ0) is 11.8. The smallest absolute Gasteiger partial charge is 0.0865 e. The zero-order valence-electron chi connectivity index (χ0n) is 10.1. The molecule has 1 aromatic heterocycles. The molecule has 1 aliphatic carbocycles. The average molecular weight is 224 g/mol. The maximum atomic E-state index is 9.27. The fourth-order valence-electron chi connectivity index (χ4n) is 2.87. The third kappa shape index (κ3) is 1.63. The minimum atomic E-state index is 0.0557. The molecule has 3 rings (SSSR count). The lowest BCUT2D eigenvalue weighted by atomic mass is 10.00. The van der Waals surface area contributed by atoms with Crippen molar-refractivity contribution in [3.8, 4) is 6.07 Å². The van der Waals surface area contributed by atoms with Crippen LogP contribution in [0.15, 0.2) is 18.2 Å². The van der Waals surface area contributed by atoms with Gasteiger partial charge in [0.25, 0.3) is 0 Å². The lowest BCUT2D eigenvalue weighted by Crippen LogP contribution is -1.96. The van der Waals surface area contributed by atoms with E-state index in [0.717, 1.165) is 19.3 Å². The SMILES string of the molecule is Cc1ccc2[nH]c3c(c2c1)CCCCC3C#N. The van der Waals surface area contributed by atoms with Gasteiger partial charge in [-0.3, -0.25) is 0 Å². The Balaban J connectivity index is 2.26. The molecular weight excluding hydrogens is 208 g/mol. The van der Waals surface area contributed by atoms with Gasteiger partial charge in [-0.15, -0.1) is 0 Å². The summed E-state index contributed by atoms with van der Waals surface area (Å²) in [6, 6.07) is 8.94. The van der Waals surface area contributed by atoms with Crippen LogP contribution < -0.4 is 0 Å². The first kappa shape index (κ1) is 10.4. The summed E-state index contributed by atoms with van der Waals surface area (Å²) >= 11 is 0. The number of nitrogens with one attached hydrogen (secondary N) is 1. The quantitative estimate of drug-likeness (QED) is 0.679. The predicted octanol–water partition coefficient (Wildman–Crippen LogP) is 3.81. The monoisotopic (exact) mass is 224 g/mol. The Labute approximate surface area is 101 Å². The molecule has 1 unspecified atom stereocenters. The number of hydrogen-bond donors (Lipinski definition) is 1. The largest absolute Gasteiger partial charge is 0.357 e. The van der Waals surface area contributed by atoms with Gasteiger partial charge in [-0.25, -0.2) is 0 Å². The number of H-pyrrole nitrogens is 1. The van der Waals surface area contributed by atoms with E-state index in [2.05, 4.69) is 36.2 Å². The van der Waals surface area contributed by atoms with Gasteiger partial charge >= 0.3 is 0 Å². The highest BCUT2D eigenvalue weighted by Crippen LogP contribution is 2.34. The number of aromatic amines is 1. The van der Waals surface area contributed by atoms with Crippen molar-refractivity contribution in [1.29, 1.82) is 5.26 Å². The maximum absolute atomic E-state index is 9.27. The first-order valence-electron chi connectivity index (χ1n) is 6.30. The molecule has 2 nitrogen and oxygen atoms in total. The number of rotatable bonds is 0. The van der Waals surface area contributed by atoms with Crippen molar-refractivity contribution in [2.75, 3.05) is 0 Å². The second kappa shape index (κ2) is 3.92. The maximum Gasteiger partial charge on any atom is 0.0865 e. The number of aromatic nitrogens is 1. The summed E-state index contributed by atoms with van der Waals surface area (Å²) in [7, 11) is 0. The minimum Gasteiger partial charge on any atom is -0.357 e. The van der Waals surface area contributed by atoms with E-state index in [1.54, 1.807) is 0 Å². The van der Waals surface area contributed by atoms with E-state index >= 15 is 0 Å². The molecule has 1 N–H and O–H groups in total. The van der Waals surface area contributed by atoms with E-state index in [0.29, 0.717) is 0 Å². The lowest BCUT2D eigenvalue weighted by Gasteiger charge is -2.04. The van der Waals surface area contributed by atoms with Crippen molar-refractivity contribution in [3.63, 3.8) is 0 Å². The van der Waals surface area contributed by atoms with Gasteiger partial charge in [0.05, 0.1) is 12.0 Å². The van der Waals surface area contributed by atoms with Gasteiger partial charge < -0.3 is 4.98 Å². The minimum absolute atomic E-state index is 0.0557. The molecule has 1 aliphatic rings. The van der Waals surface area contributed by atoms with Gasteiger partial charge in [-0.2, -0.15) is 5.26 Å². The van der Waals surface area contributed by atoms with E-state index in [4.69, 9.17) is 0 Å². The van der Waals surface area contributed by atoms with Crippen LogP contribution in [0.1, 0.15) is 42.0 Å². The molecule has 0 radical (unpaired) electrons. The number of nitrogens with zero attached hydrogens (tertiary/aromatic N) is 1. The topological polar surface area (TPSA) is 39.6 Å². The van der Waals surface area contributed by atoms with Crippen LogP contribution >= 0.6 is 0 Å². The third-order valence-electron chi connectivity index (χ3n) is 3.77. The average Bonchev–Trinajstić information content (AvgIpc) is 2.56. The summed E-state index contributed by atoms with van der Waals surface area (Å²) in [6.07, 6.45) is 4.46. The molecule has 0 bridgehead atoms. The van der Waals surface area contributed by atoms with E-state index in [9.17, 15) is 5.26 Å². The predicted molar refractivity (Wildman–Crippen MR) is 68.9 cm³/mol. The highest BCUT2D eigenvalue weighted by Gasteiger charge is 2.22. The Morgan fingerprint density at radius 3 is 3.06 bits per heavy atom. The number of fused-ring (bicyclic) bond motifs is 3. The Bertz CT molecular complexity index is 601. The number of nitriles is 1. The van der Waals surface area contributed by atoms with Crippen molar-refractivity contribution in [2.24, 2.45) is 0 Å². The van der Waals surface area contributed by atoms with E-state index in [1.165, 1.54) is 34.1 Å². The third-order valence-corrected chi connectivity index (χ3v) is 3.77. The van der Waals surface area contributed by atoms with Gasteiger partial charge in [0.15, 0.2) is 0 Å². The fraction of sp³-hybridized carbons (Fsp3) is 0.400. The number of hydrogen-bond acceptors (Lipinski definition) is 1. The molecule has 0 aliphatic heterocycles. The summed E-state index contributed by atoms with van der Waals surface area (Å²) < 4.78 is 0. The molecular formula is C15H16N2. The van der Waals surface area contributed by atoms with Crippen LogP contribution in [-0.2, 0) is 6.42 Å². The zero-order valence-corrected chi connectivity index (χ0v) is 10.1. The highest BCUT2D eigenvalue weighted by atomic mass is 14.7. The molecule has 0 amide bonds. The van der Waals surface area contributed by atoms with Gasteiger partial charge in [-0.1, -0.05) is 18.1 Å². The van der Waals surface area contributed by atoms with Gasteiger partial charge in [0, 0.05) is 16.6 Å². The molecule has 0 spiro atoms. The fourth-order valence-corrected chi connectivity index (χ4v) is 2.87. The van der Waals surface area contributed by atoms with Crippen molar-refractivity contribution in [1.82, 2.24) is 4.98 Å². The molecule has 1 heterocycles. The van der Waals surface area contributed by atoms with E-state index in [-0.39, 0.29) is 5.92 Å². The molecule has 1 aromatic carbocycles. The summed E-state index contributed by atoms with van der Waals surface area (Å²) in [5.74, 6) is 0.0557. The van der Waals surface area contributed by atoms with Gasteiger partial charge in [-0.05, 0) is 43.9 Å². The molecule has 2 aromatic rings. The Morgan fingerprint density at radius 1 is 1.35 bits per heavy atom. The first-order valence-corrected chi connectivity index (χ1v) is 6.30. The molecule has 0 saturated heterocycles. The van der Waals surface area contributed by atoms with Crippen molar-refractivity contribution < 1.29 is 0 Å². The molecule has 0 fully saturated rings. The van der Waals surface area contributed by atoms with Crippen molar-refractivity contribution in [2.45, 2.75) is 38.5 Å². The van der Waals surface area contributed by atoms with Crippen molar-refractivity contribution in [3.05, 3.63) is 35.0 Å². The number of benzene rings is 1. The Hall–Kier alpha value is -1.75. The normalized spacial score (nSPS) is 19.6. The molecule has 0 saturated carbocycles. The number of aryl methyl sites for hydroxylation is 2.